The highest BCUT2D eigenvalue weighted by atomic mass is 19.4. The molecule has 112 valence electrons. The number of carbonyl (C=O) groups is 1. The molecule has 0 aromatic heterocycles. The number of alkyl halides is 3. The van der Waals surface area contributed by atoms with Crippen LogP contribution in [0.3, 0.4) is 0 Å². The van der Waals surface area contributed by atoms with E-state index in [4.69, 9.17) is 5.11 Å². The Morgan fingerprint density at radius 2 is 1.90 bits per heavy atom. The first-order valence-electron chi connectivity index (χ1n) is 6.47. The third-order valence-electron chi connectivity index (χ3n) is 2.98. The third-order valence-corrected chi connectivity index (χ3v) is 2.98. The molecule has 0 radical (unpaired) electrons. The monoisotopic (exact) mass is 289 g/mol. The van der Waals surface area contributed by atoms with Gasteiger partial charge in [0.05, 0.1) is 5.56 Å². The Balaban J connectivity index is 2.58. The summed E-state index contributed by atoms with van der Waals surface area (Å²) in [7, 11) is 0. The zero-order valence-electron chi connectivity index (χ0n) is 11.2. The van der Waals surface area contributed by atoms with Crippen molar-refractivity contribution in [3.8, 4) is 0 Å². The molecule has 1 rings (SSSR count). The molecule has 0 aliphatic rings. The lowest BCUT2D eigenvalue weighted by molar-refractivity contribution is -0.140. The average molecular weight is 289 g/mol. The molecule has 1 aromatic carbocycles. The molecule has 0 spiro atoms. The molecule has 2 N–H and O–H groups in total. The van der Waals surface area contributed by atoms with E-state index in [1.54, 1.807) is 0 Å². The van der Waals surface area contributed by atoms with Crippen molar-refractivity contribution in [2.45, 2.75) is 44.9 Å². The molecular weight excluding hydrogens is 271 g/mol. The average Bonchev–Trinajstić information content (AvgIpc) is 2.38. The van der Waals surface area contributed by atoms with Crippen molar-refractivity contribution >= 4 is 5.97 Å². The minimum Gasteiger partial charge on any atom is -0.480 e. The van der Waals surface area contributed by atoms with Gasteiger partial charge in [-0.15, -0.1) is 0 Å². The van der Waals surface area contributed by atoms with Crippen LogP contribution < -0.4 is 5.32 Å². The van der Waals surface area contributed by atoms with Crippen LogP contribution in [0.4, 0.5) is 13.2 Å². The molecule has 6 heteroatoms. The second kappa shape index (κ2) is 7.28. The second-order valence-corrected chi connectivity index (χ2v) is 4.61. The van der Waals surface area contributed by atoms with Crippen molar-refractivity contribution < 1.29 is 23.1 Å². The summed E-state index contributed by atoms with van der Waals surface area (Å²) in [6.07, 6.45) is -2.16. The van der Waals surface area contributed by atoms with Gasteiger partial charge in [-0.25, -0.2) is 0 Å². The van der Waals surface area contributed by atoms with Crippen LogP contribution in [0.15, 0.2) is 24.3 Å². The van der Waals surface area contributed by atoms with Gasteiger partial charge in [0.1, 0.15) is 6.04 Å². The maximum atomic E-state index is 12.4. The fraction of sp³-hybridized carbons (Fsp3) is 0.500. The zero-order valence-corrected chi connectivity index (χ0v) is 11.2. The first kappa shape index (κ1) is 16.5. The van der Waals surface area contributed by atoms with Gasteiger partial charge in [0.15, 0.2) is 0 Å². The van der Waals surface area contributed by atoms with E-state index in [0.29, 0.717) is 12.0 Å². The van der Waals surface area contributed by atoms with E-state index in [1.165, 1.54) is 12.1 Å². The normalized spacial score (nSPS) is 13.2. The molecule has 0 heterocycles. The van der Waals surface area contributed by atoms with Crippen molar-refractivity contribution in [2.24, 2.45) is 0 Å². The Morgan fingerprint density at radius 1 is 1.30 bits per heavy atom. The molecule has 0 bridgehead atoms. The van der Waals surface area contributed by atoms with Crippen LogP contribution in [0.2, 0.25) is 0 Å². The van der Waals surface area contributed by atoms with Crippen LogP contribution in [0.1, 0.15) is 37.3 Å². The Kier molecular flexibility index (Phi) is 6.01. The van der Waals surface area contributed by atoms with Gasteiger partial charge in [-0.3, -0.25) is 4.79 Å². The standard InChI is InChI=1S/C14H18F3NO2/c1-2-3-4-12(13(19)20)18-9-10-5-7-11(8-6-10)14(15,16)17/h5-8,12,18H,2-4,9H2,1H3,(H,19,20). The highest BCUT2D eigenvalue weighted by Gasteiger charge is 2.29. The molecular formula is C14H18F3NO2. The topological polar surface area (TPSA) is 49.3 Å². The van der Waals surface area contributed by atoms with Gasteiger partial charge in [-0.1, -0.05) is 31.9 Å². The van der Waals surface area contributed by atoms with E-state index in [2.05, 4.69) is 5.32 Å². The third kappa shape index (κ3) is 5.21. The van der Waals surface area contributed by atoms with Crippen molar-refractivity contribution in [3.05, 3.63) is 35.4 Å². The van der Waals surface area contributed by atoms with Crippen LogP contribution in [-0.2, 0) is 17.5 Å². The highest BCUT2D eigenvalue weighted by Crippen LogP contribution is 2.29. The van der Waals surface area contributed by atoms with E-state index in [0.717, 1.165) is 25.0 Å². The number of hydrogen-bond donors (Lipinski definition) is 2. The van der Waals surface area contributed by atoms with Gasteiger partial charge < -0.3 is 10.4 Å². The van der Waals surface area contributed by atoms with Crippen molar-refractivity contribution in [1.29, 1.82) is 0 Å². The lowest BCUT2D eigenvalue weighted by Gasteiger charge is -2.14. The summed E-state index contributed by atoms with van der Waals surface area (Å²) < 4.78 is 37.2. The van der Waals surface area contributed by atoms with Crippen molar-refractivity contribution in [1.82, 2.24) is 5.32 Å². The van der Waals surface area contributed by atoms with Gasteiger partial charge in [0.25, 0.3) is 0 Å². The highest BCUT2D eigenvalue weighted by molar-refractivity contribution is 5.73. The summed E-state index contributed by atoms with van der Waals surface area (Å²) in [4.78, 5) is 11.0. The van der Waals surface area contributed by atoms with Gasteiger partial charge in [-0.2, -0.15) is 13.2 Å². The number of carboxylic acid groups (broad SMARTS) is 1. The molecule has 1 unspecified atom stereocenters. The summed E-state index contributed by atoms with van der Waals surface area (Å²) in [6.45, 7) is 2.20. The van der Waals surface area contributed by atoms with Crippen LogP contribution in [0.25, 0.3) is 0 Å². The van der Waals surface area contributed by atoms with E-state index in [1.807, 2.05) is 6.92 Å². The number of aliphatic carboxylic acids is 1. The summed E-state index contributed by atoms with van der Waals surface area (Å²) in [5, 5.41) is 11.9. The number of nitrogens with one attached hydrogen (secondary N) is 1. The van der Waals surface area contributed by atoms with E-state index in [-0.39, 0.29) is 6.54 Å². The summed E-state index contributed by atoms with van der Waals surface area (Å²) in [5.74, 6) is -0.939. The number of rotatable bonds is 7. The van der Waals surface area contributed by atoms with E-state index in [9.17, 15) is 18.0 Å². The minimum absolute atomic E-state index is 0.235. The maximum Gasteiger partial charge on any atom is 0.416 e. The lowest BCUT2D eigenvalue weighted by Crippen LogP contribution is -2.36. The Morgan fingerprint density at radius 3 is 2.35 bits per heavy atom. The van der Waals surface area contributed by atoms with Gasteiger partial charge in [0.2, 0.25) is 0 Å². The van der Waals surface area contributed by atoms with Crippen LogP contribution in [0.5, 0.6) is 0 Å². The smallest absolute Gasteiger partial charge is 0.416 e. The van der Waals surface area contributed by atoms with Crippen LogP contribution in [0, 0.1) is 0 Å². The van der Waals surface area contributed by atoms with E-state index >= 15 is 0 Å². The molecule has 0 aliphatic carbocycles. The number of hydrogen-bond acceptors (Lipinski definition) is 2. The molecule has 20 heavy (non-hydrogen) atoms. The van der Waals surface area contributed by atoms with Gasteiger partial charge in [-0.05, 0) is 24.1 Å². The fourth-order valence-electron chi connectivity index (χ4n) is 1.77. The fourth-order valence-corrected chi connectivity index (χ4v) is 1.77. The number of carboxylic acids is 1. The molecule has 0 aliphatic heterocycles. The minimum atomic E-state index is -4.35. The number of halogens is 3. The van der Waals surface area contributed by atoms with Crippen molar-refractivity contribution in [2.75, 3.05) is 0 Å². The molecule has 0 saturated heterocycles. The predicted octanol–water partition coefficient (Wildman–Crippen LogP) is 3.44. The number of benzene rings is 1. The van der Waals surface area contributed by atoms with Crippen LogP contribution in [-0.4, -0.2) is 17.1 Å². The summed E-state index contributed by atoms with van der Waals surface area (Å²) >= 11 is 0. The Bertz CT molecular complexity index is 429. The number of unbranched alkanes of at least 4 members (excludes halogenated alkanes) is 1. The molecule has 1 aromatic rings. The first-order chi connectivity index (χ1) is 9.34. The lowest BCUT2D eigenvalue weighted by atomic mass is 10.1. The molecule has 0 amide bonds. The predicted molar refractivity (Wildman–Crippen MR) is 69.2 cm³/mol. The van der Waals surface area contributed by atoms with Gasteiger partial charge >= 0.3 is 12.1 Å². The SMILES string of the molecule is CCCCC(NCc1ccc(C(F)(F)F)cc1)C(=O)O. The molecule has 3 nitrogen and oxygen atoms in total. The molecule has 1 atom stereocenters. The van der Waals surface area contributed by atoms with E-state index < -0.39 is 23.8 Å². The summed E-state index contributed by atoms with van der Waals surface area (Å²) in [5.41, 5.74) is -0.0808. The first-order valence-corrected chi connectivity index (χ1v) is 6.47. The Labute approximate surface area is 115 Å². The molecule has 0 saturated carbocycles. The largest absolute Gasteiger partial charge is 0.480 e. The maximum absolute atomic E-state index is 12.4. The zero-order chi connectivity index (χ0) is 15.2. The van der Waals surface area contributed by atoms with Gasteiger partial charge in [0, 0.05) is 6.54 Å². The second-order valence-electron chi connectivity index (χ2n) is 4.61. The van der Waals surface area contributed by atoms with Crippen molar-refractivity contribution in [3.63, 3.8) is 0 Å². The summed E-state index contributed by atoms with van der Waals surface area (Å²) in [6, 6.07) is 4.04. The molecule has 0 fully saturated rings. The Hall–Kier alpha value is -1.56. The quantitative estimate of drug-likeness (QED) is 0.808. The van der Waals surface area contributed by atoms with Crippen LogP contribution >= 0.6 is 0 Å².